The molecule has 1 amide bonds. The maximum atomic E-state index is 13.1. The highest BCUT2D eigenvalue weighted by molar-refractivity contribution is 5.94. The number of benzene rings is 1. The molecule has 2 rings (SSSR count). The van der Waals surface area contributed by atoms with Gasteiger partial charge in [0.25, 0.3) is 5.91 Å². The lowest BCUT2D eigenvalue weighted by Crippen LogP contribution is -2.37. The number of nitrogens with two attached hydrogens (primary N) is 1. The van der Waals surface area contributed by atoms with Gasteiger partial charge in [-0.05, 0) is 18.2 Å². The lowest BCUT2D eigenvalue weighted by Gasteiger charge is -2.31. The number of hydrogen-bond acceptors (Lipinski definition) is 4. The zero-order valence-corrected chi connectivity index (χ0v) is 10.5. The molecule has 5 nitrogen and oxygen atoms in total. The Kier molecular flexibility index (Phi) is 4.15. The molecule has 0 unspecified atom stereocenters. The number of alkyl halides is 3. The third kappa shape index (κ3) is 3.02. The number of rotatable bonds is 2. The number of carbonyl (C=O) groups is 1. The van der Waals surface area contributed by atoms with Crippen LogP contribution in [0.25, 0.3) is 0 Å². The van der Waals surface area contributed by atoms with Gasteiger partial charge in [0, 0.05) is 24.3 Å². The van der Waals surface area contributed by atoms with Gasteiger partial charge in [-0.15, -0.1) is 0 Å². The van der Waals surface area contributed by atoms with Crippen LogP contribution in [0.15, 0.2) is 18.2 Å². The van der Waals surface area contributed by atoms with Gasteiger partial charge >= 0.3 is 6.18 Å². The van der Waals surface area contributed by atoms with Crippen molar-refractivity contribution in [2.75, 3.05) is 31.2 Å². The van der Waals surface area contributed by atoms with Crippen molar-refractivity contribution in [3.8, 4) is 0 Å². The highest BCUT2D eigenvalue weighted by atomic mass is 19.4. The number of morpholine rings is 1. The topological polar surface area (TPSA) is 67.6 Å². The lowest BCUT2D eigenvalue weighted by atomic mass is 10.1. The van der Waals surface area contributed by atoms with E-state index in [4.69, 9.17) is 10.6 Å². The molecular formula is C12H14F3N3O2. The summed E-state index contributed by atoms with van der Waals surface area (Å²) in [6.07, 6.45) is -4.54. The number of nitrogens with one attached hydrogen (secondary N) is 1. The normalized spacial score (nSPS) is 16.1. The number of nitrogen functional groups attached to an aromatic ring is 1. The van der Waals surface area contributed by atoms with Crippen LogP contribution in [-0.2, 0) is 10.9 Å². The van der Waals surface area contributed by atoms with E-state index in [0.717, 1.165) is 6.07 Å². The summed E-state index contributed by atoms with van der Waals surface area (Å²) in [5.41, 5.74) is 0.895. The molecule has 0 aromatic heterocycles. The Hall–Kier alpha value is -1.80. The predicted molar refractivity (Wildman–Crippen MR) is 66.1 cm³/mol. The van der Waals surface area contributed by atoms with Crippen LogP contribution in [0.3, 0.4) is 0 Å². The second-order valence-electron chi connectivity index (χ2n) is 4.30. The second-order valence-corrected chi connectivity index (χ2v) is 4.30. The molecule has 0 aliphatic carbocycles. The van der Waals surface area contributed by atoms with Crippen LogP contribution in [-0.4, -0.2) is 32.2 Å². The standard InChI is InChI=1S/C12H14F3N3O2/c13-12(14,15)9-7-8(11(19)17-16)1-2-10(9)18-3-5-20-6-4-18/h1-2,7H,3-6,16H2,(H,17,19). The van der Waals surface area contributed by atoms with Gasteiger partial charge in [-0.25, -0.2) is 5.84 Å². The molecule has 20 heavy (non-hydrogen) atoms. The molecule has 0 radical (unpaired) electrons. The monoisotopic (exact) mass is 289 g/mol. The Morgan fingerprint density at radius 2 is 1.95 bits per heavy atom. The van der Waals surface area contributed by atoms with Crippen molar-refractivity contribution < 1.29 is 22.7 Å². The highest BCUT2D eigenvalue weighted by Crippen LogP contribution is 2.37. The van der Waals surface area contributed by atoms with E-state index in [-0.39, 0.29) is 11.3 Å². The molecule has 3 N–H and O–H groups in total. The van der Waals surface area contributed by atoms with E-state index >= 15 is 0 Å². The van der Waals surface area contributed by atoms with Crippen LogP contribution >= 0.6 is 0 Å². The van der Waals surface area contributed by atoms with Crippen LogP contribution in [0.4, 0.5) is 18.9 Å². The van der Waals surface area contributed by atoms with E-state index < -0.39 is 17.6 Å². The number of halogens is 3. The molecule has 1 aromatic rings. The average molecular weight is 289 g/mol. The Balaban J connectivity index is 2.42. The van der Waals surface area contributed by atoms with Gasteiger partial charge in [0.05, 0.1) is 18.8 Å². The predicted octanol–water partition coefficient (Wildman–Crippen LogP) is 1.15. The smallest absolute Gasteiger partial charge is 0.378 e. The van der Waals surface area contributed by atoms with Crippen LogP contribution < -0.4 is 16.2 Å². The first-order valence-corrected chi connectivity index (χ1v) is 5.98. The van der Waals surface area contributed by atoms with E-state index in [1.807, 2.05) is 5.43 Å². The summed E-state index contributed by atoms with van der Waals surface area (Å²) in [5.74, 6) is 4.18. The number of nitrogens with zero attached hydrogens (tertiary/aromatic N) is 1. The molecule has 0 atom stereocenters. The minimum absolute atomic E-state index is 0.0503. The molecule has 1 saturated heterocycles. The maximum Gasteiger partial charge on any atom is 0.418 e. The average Bonchev–Trinajstić information content (AvgIpc) is 2.46. The summed E-state index contributed by atoms with van der Waals surface area (Å²) in [6.45, 7) is 1.52. The summed E-state index contributed by atoms with van der Waals surface area (Å²) in [4.78, 5) is 12.9. The molecule has 1 heterocycles. The first kappa shape index (κ1) is 14.6. The van der Waals surface area contributed by atoms with Gasteiger partial charge in [-0.3, -0.25) is 10.2 Å². The fraction of sp³-hybridized carbons (Fsp3) is 0.417. The molecule has 0 saturated carbocycles. The Bertz CT molecular complexity index is 499. The third-order valence-corrected chi connectivity index (χ3v) is 3.05. The van der Waals surface area contributed by atoms with Crippen molar-refractivity contribution in [2.24, 2.45) is 5.84 Å². The quantitative estimate of drug-likeness (QED) is 0.487. The number of anilines is 1. The number of amides is 1. The van der Waals surface area contributed by atoms with E-state index in [0.29, 0.717) is 26.3 Å². The van der Waals surface area contributed by atoms with Gasteiger partial charge in [0.2, 0.25) is 0 Å². The fourth-order valence-electron chi connectivity index (χ4n) is 2.07. The Morgan fingerprint density at radius 3 is 2.50 bits per heavy atom. The largest absolute Gasteiger partial charge is 0.418 e. The van der Waals surface area contributed by atoms with Crippen LogP contribution in [0.5, 0.6) is 0 Å². The molecule has 8 heteroatoms. The first-order chi connectivity index (χ1) is 9.43. The van der Waals surface area contributed by atoms with Gasteiger partial charge in [0.15, 0.2) is 0 Å². The van der Waals surface area contributed by atoms with E-state index in [1.54, 1.807) is 4.90 Å². The number of hydrogen-bond donors (Lipinski definition) is 2. The number of carbonyl (C=O) groups excluding carboxylic acids is 1. The molecule has 1 aliphatic rings. The van der Waals surface area contributed by atoms with Crippen molar-refractivity contribution in [2.45, 2.75) is 6.18 Å². The number of hydrazine groups is 1. The first-order valence-electron chi connectivity index (χ1n) is 5.98. The minimum atomic E-state index is -4.54. The van der Waals surface area contributed by atoms with E-state index in [9.17, 15) is 18.0 Å². The summed E-state index contributed by atoms with van der Waals surface area (Å²) < 4.78 is 44.5. The summed E-state index contributed by atoms with van der Waals surface area (Å²) >= 11 is 0. The van der Waals surface area contributed by atoms with E-state index in [1.165, 1.54) is 12.1 Å². The fourth-order valence-corrected chi connectivity index (χ4v) is 2.07. The van der Waals surface area contributed by atoms with Crippen molar-refractivity contribution in [1.82, 2.24) is 5.43 Å². The van der Waals surface area contributed by atoms with Crippen molar-refractivity contribution in [1.29, 1.82) is 0 Å². The molecule has 0 spiro atoms. The van der Waals surface area contributed by atoms with Crippen LogP contribution in [0.2, 0.25) is 0 Å². The van der Waals surface area contributed by atoms with Crippen molar-refractivity contribution >= 4 is 11.6 Å². The minimum Gasteiger partial charge on any atom is -0.378 e. The van der Waals surface area contributed by atoms with Crippen molar-refractivity contribution in [3.05, 3.63) is 29.3 Å². The molecular weight excluding hydrogens is 275 g/mol. The maximum absolute atomic E-state index is 13.1. The summed E-state index contributed by atoms with van der Waals surface area (Å²) in [7, 11) is 0. The van der Waals surface area contributed by atoms with Gasteiger partial charge in [-0.1, -0.05) is 0 Å². The lowest BCUT2D eigenvalue weighted by molar-refractivity contribution is -0.137. The van der Waals surface area contributed by atoms with Gasteiger partial charge in [0.1, 0.15) is 0 Å². The van der Waals surface area contributed by atoms with E-state index in [2.05, 4.69) is 0 Å². The molecule has 1 fully saturated rings. The van der Waals surface area contributed by atoms with Gasteiger partial charge in [-0.2, -0.15) is 13.2 Å². The molecule has 110 valence electrons. The second kappa shape index (κ2) is 5.68. The third-order valence-electron chi connectivity index (χ3n) is 3.05. The van der Waals surface area contributed by atoms with Crippen LogP contribution in [0.1, 0.15) is 15.9 Å². The summed E-state index contributed by atoms with van der Waals surface area (Å²) in [5, 5.41) is 0. The molecule has 1 aromatic carbocycles. The summed E-state index contributed by atoms with van der Waals surface area (Å²) in [6, 6.07) is 3.42. The zero-order chi connectivity index (χ0) is 14.8. The highest BCUT2D eigenvalue weighted by Gasteiger charge is 2.36. The molecule has 0 bridgehead atoms. The van der Waals surface area contributed by atoms with Crippen molar-refractivity contribution in [3.63, 3.8) is 0 Å². The Labute approximate surface area is 113 Å². The Morgan fingerprint density at radius 1 is 1.30 bits per heavy atom. The molecule has 1 aliphatic heterocycles. The number of ether oxygens (including phenoxy) is 1. The zero-order valence-electron chi connectivity index (χ0n) is 10.5. The van der Waals surface area contributed by atoms with Gasteiger partial charge < -0.3 is 9.64 Å². The van der Waals surface area contributed by atoms with Crippen LogP contribution in [0, 0.1) is 0 Å². The SMILES string of the molecule is NNC(=O)c1ccc(N2CCOCC2)c(C(F)(F)F)c1.